The van der Waals surface area contributed by atoms with Crippen LogP contribution in [0, 0.1) is 0 Å². The molecule has 0 aromatic carbocycles. The zero-order chi connectivity index (χ0) is 9.54. The molecule has 0 bridgehead atoms. The maximum absolute atomic E-state index is 5.97. The van der Waals surface area contributed by atoms with Crippen molar-refractivity contribution in [2.24, 2.45) is 5.73 Å². The van der Waals surface area contributed by atoms with Gasteiger partial charge in [-0.05, 0) is 31.2 Å². The molecule has 2 aliphatic carbocycles. The van der Waals surface area contributed by atoms with Crippen molar-refractivity contribution >= 4 is 0 Å². The van der Waals surface area contributed by atoms with Gasteiger partial charge in [-0.25, -0.2) is 0 Å². The summed E-state index contributed by atoms with van der Waals surface area (Å²) in [5, 5.41) is 0. The quantitative estimate of drug-likeness (QED) is 0.780. The van der Waals surface area contributed by atoms with E-state index in [0.29, 0.717) is 12.5 Å². The van der Waals surface area contributed by atoms with E-state index in [4.69, 9.17) is 10.2 Å². The number of hydrogen-bond acceptors (Lipinski definition) is 2. The SMILES string of the molecule is NCc1c(C2CCC2)oc2c1CCC2. The Kier molecular flexibility index (Phi) is 1.91. The van der Waals surface area contributed by atoms with Crippen molar-refractivity contribution in [1.29, 1.82) is 0 Å². The van der Waals surface area contributed by atoms with E-state index in [1.807, 2.05) is 0 Å². The highest BCUT2D eigenvalue weighted by atomic mass is 16.3. The highest BCUT2D eigenvalue weighted by molar-refractivity contribution is 5.38. The minimum Gasteiger partial charge on any atom is -0.465 e. The molecular formula is C12H17NO. The summed E-state index contributed by atoms with van der Waals surface area (Å²) < 4.78 is 5.97. The molecule has 1 aromatic heterocycles. The van der Waals surface area contributed by atoms with Gasteiger partial charge < -0.3 is 10.2 Å². The first-order valence-corrected chi connectivity index (χ1v) is 5.73. The summed E-state index contributed by atoms with van der Waals surface area (Å²) in [5.41, 5.74) is 8.63. The molecule has 0 saturated heterocycles. The fourth-order valence-electron chi connectivity index (χ4n) is 2.71. The second-order valence-corrected chi connectivity index (χ2v) is 4.53. The van der Waals surface area contributed by atoms with Gasteiger partial charge in [0, 0.05) is 24.4 Å². The predicted molar refractivity (Wildman–Crippen MR) is 55.2 cm³/mol. The average Bonchev–Trinajstić information content (AvgIpc) is 2.60. The second kappa shape index (κ2) is 3.13. The van der Waals surface area contributed by atoms with Gasteiger partial charge in [0.25, 0.3) is 0 Å². The van der Waals surface area contributed by atoms with Gasteiger partial charge in [-0.2, -0.15) is 0 Å². The van der Waals surface area contributed by atoms with Gasteiger partial charge in [-0.1, -0.05) is 6.42 Å². The maximum atomic E-state index is 5.97. The third kappa shape index (κ3) is 1.07. The summed E-state index contributed by atoms with van der Waals surface area (Å²) in [6.07, 6.45) is 7.55. The van der Waals surface area contributed by atoms with Crippen LogP contribution in [0.1, 0.15) is 54.2 Å². The lowest BCUT2D eigenvalue weighted by molar-refractivity contribution is 0.333. The molecule has 0 radical (unpaired) electrons. The number of hydrogen-bond donors (Lipinski definition) is 1. The largest absolute Gasteiger partial charge is 0.465 e. The smallest absolute Gasteiger partial charge is 0.112 e. The molecule has 2 heteroatoms. The fourth-order valence-corrected chi connectivity index (χ4v) is 2.71. The van der Waals surface area contributed by atoms with E-state index in [1.54, 1.807) is 0 Å². The molecule has 2 N–H and O–H groups in total. The van der Waals surface area contributed by atoms with E-state index < -0.39 is 0 Å². The van der Waals surface area contributed by atoms with E-state index in [2.05, 4.69) is 0 Å². The Hall–Kier alpha value is -0.760. The van der Waals surface area contributed by atoms with Crippen molar-refractivity contribution in [3.63, 3.8) is 0 Å². The number of aryl methyl sites for hydroxylation is 1. The van der Waals surface area contributed by atoms with Crippen molar-refractivity contribution in [2.45, 2.75) is 51.0 Å². The van der Waals surface area contributed by atoms with E-state index >= 15 is 0 Å². The van der Waals surface area contributed by atoms with E-state index in [9.17, 15) is 0 Å². The molecule has 1 saturated carbocycles. The summed E-state index contributed by atoms with van der Waals surface area (Å²) in [5.74, 6) is 3.18. The standard InChI is InChI=1S/C12H17NO/c13-7-10-9-5-2-6-11(9)14-12(10)8-3-1-4-8/h8H,1-7,13H2. The molecule has 3 rings (SSSR count). The second-order valence-electron chi connectivity index (χ2n) is 4.53. The zero-order valence-electron chi connectivity index (χ0n) is 8.51. The number of fused-ring (bicyclic) bond motifs is 1. The number of nitrogens with two attached hydrogens (primary N) is 1. The molecular weight excluding hydrogens is 174 g/mol. The average molecular weight is 191 g/mol. The molecule has 0 amide bonds. The molecule has 76 valence electrons. The zero-order valence-corrected chi connectivity index (χ0v) is 8.51. The van der Waals surface area contributed by atoms with Gasteiger partial charge >= 0.3 is 0 Å². The van der Waals surface area contributed by atoms with Crippen LogP contribution in [0.2, 0.25) is 0 Å². The highest BCUT2D eigenvalue weighted by Crippen LogP contribution is 2.42. The number of rotatable bonds is 2. The first-order valence-electron chi connectivity index (χ1n) is 5.73. The van der Waals surface area contributed by atoms with Crippen LogP contribution in [0.3, 0.4) is 0 Å². The van der Waals surface area contributed by atoms with E-state index in [-0.39, 0.29) is 0 Å². The van der Waals surface area contributed by atoms with Gasteiger partial charge in [-0.15, -0.1) is 0 Å². The Morgan fingerprint density at radius 1 is 1.21 bits per heavy atom. The molecule has 2 nitrogen and oxygen atoms in total. The van der Waals surface area contributed by atoms with Crippen molar-refractivity contribution in [2.75, 3.05) is 0 Å². The van der Waals surface area contributed by atoms with Gasteiger partial charge in [0.2, 0.25) is 0 Å². The Labute approximate surface area is 84.5 Å². The lowest BCUT2D eigenvalue weighted by atomic mass is 9.81. The third-order valence-electron chi connectivity index (χ3n) is 3.74. The monoisotopic (exact) mass is 191 g/mol. The molecule has 0 spiro atoms. The summed E-state index contributed by atoms with van der Waals surface area (Å²) in [6.45, 7) is 0.671. The fraction of sp³-hybridized carbons (Fsp3) is 0.667. The normalized spacial score (nSPS) is 20.9. The van der Waals surface area contributed by atoms with Crippen LogP contribution in [-0.2, 0) is 19.4 Å². The Bertz CT molecular complexity index is 349. The number of furan rings is 1. The van der Waals surface area contributed by atoms with Gasteiger partial charge in [0.15, 0.2) is 0 Å². The first-order chi connectivity index (χ1) is 6.90. The van der Waals surface area contributed by atoms with Crippen LogP contribution in [0.25, 0.3) is 0 Å². The molecule has 1 fully saturated rings. The van der Waals surface area contributed by atoms with E-state index in [0.717, 1.165) is 6.42 Å². The Morgan fingerprint density at radius 3 is 2.71 bits per heavy atom. The lowest BCUT2D eigenvalue weighted by Gasteiger charge is -2.24. The summed E-state index contributed by atoms with van der Waals surface area (Å²) in [6, 6.07) is 0. The third-order valence-corrected chi connectivity index (χ3v) is 3.74. The van der Waals surface area contributed by atoms with Crippen molar-refractivity contribution in [3.05, 3.63) is 22.6 Å². The summed E-state index contributed by atoms with van der Waals surface area (Å²) in [4.78, 5) is 0. The molecule has 1 aromatic rings. The Balaban J connectivity index is 2.02. The van der Waals surface area contributed by atoms with Crippen molar-refractivity contribution < 1.29 is 4.42 Å². The van der Waals surface area contributed by atoms with Crippen molar-refractivity contribution in [1.82, 2.24) is 0 Å². The van der Waals surface area contributed by atoms with E-state index in [1.165, 1.54) is 54.8 Å². The van der Waals surface area contributed by atoms with Crippen LogP contribution in [0.5, 0.6) is 0 Å². The molecule has 0 unspecified atom stereocenters. The predicted octanol–water partition coefficient (Wildman–Crippen LogP) is 2.49. The lowest BCUT2D eigenvalue weighted by Crippen LogP contribution is -2.12. The topological polar surface area (TPSA) is 39.2 Å². The summed E-state index contributed by atoms with van der Waals surface area (Å²) >= 11 is 0. The maximum Gasteiger partial charge on any atom is 0.112 e. The Morgan fingerprint density at radius 2 is 2.07 bits per heavy atom. The minimum atomic E-state index is 0.671. The van der Waals surface area contributed by atoms with Crippen LogP contribution in [0.4, 0.5) is 0 Å². The molecule has 0 aliphatic heterocycles. The highest BCUT2D eigenvalue weighted by Gasteiger charge is 2.30. The summed E-state index contributed by atoms with van der Waals surface area (Å²) in [7, 11) is 0. The molecule has 1 heterocycles. The van der Waals surface area contributed by atoms with Gasteiger partial charge in [0.05, 0.1) is 0 Å². The van der Waals surface area contributed by atoms with Crippen LogP contribution >= 0.6 is 0 Å². The van der Waals surface area contributed by atoms with Crippen molar-refractivity contribution in [3.8, 4) is 0 Å². The van der Waals surface area contributed by atoms with Crippen LogP contribution in [0.15, 0.2) is 4.42 Å². The molecule has 0 atom stereocenters. The first kappa shape index (κ1) is 8.54. The molecule has 14 heavy (non-hydrogen) atoms. The van der Waals surface area contributed by atoms with Crippen LogP contribution < -0.4 is 5.73 Å². The van der Waals surface area contributed by atoms with Gasteiger partial charge in [-0.3, -0.25) is 0 Å². The molecule has 2 aliphatic rings. The van der Waals surface area contributed by atoms with Gasteiger partial charge in [0.1, 0.15) is 11.5 Å². The van der Waals surface area contributed by atoms with Crippen LogP contribution in [-0.4, -0.2) is 0 Å². The minimum absolute atomic E-state index is 0.671.